The van der Waals surface area contributed by atoms with Crippen LogP contribution in [0.1, 0.15) is 31.1 Å². The quantitative estimate of drug-likeness (QED) is 0.668. The number of esters is 1. The molecule has 0 aromatic heterocycles. The van der Waals surface area contributed by atoms with Gasteiger partial charge in [0.15, 0.2) is 6.61 Å². The number of carbonyl (C=O) groups excluding carboxylic acids is 2. The largest absolute Gasteiger partial charge is 0.452 e. The van der Waals surface area contributed by atoms with E-state index in [4.69, 9.17) is 16.3 Å². The van der Waals surface area contributed by atoms with Crippen molar-refractivity contribution >= 4 is 39.2 Å². The van der Waals surface area contributed by atoms with Gasteiger partial charge in [0.1, 0.15) is 10.7 Å². The first-order chi connectivity index (χ1) is 13.4. The molecule has 10 heteroatoms. The molecule has 0 saturated carbocycles. The standard InChI is InChI=1S/C19H20ClFN2O5S/c1-19(2,3)23-29(26,27)16-9-12(7-8-15(16)20)18(25)28-11-17(24)22-14-6-4-5-13(21)10-14/h4-10,23H,11H2,1-3H3,(H,22,24). The van der Waals surface area contributed by atoms with Gasteiger partial charge in [-0.3, -0.25) is 4.79 Å². The molecule has 2 N–H and O–H groups in total. The summed E-state index contributed by atoms with van der Waals surface area (Å²) < 4.78 is 45.5. The van der Waals surface area contributed by atoms with E-state index in [0.717, 1.165) is 12.1 Å². The molecule has 2 aromatic rings. The Bertz CT molecular complexity index is 1040. The maximum Gasteiger partial charge on any atom is 0.338 e. The highest BCUT2D eigenvalue weighted by Gasteiger charge is 2.25. The summed E-state index contributed by atoms with van der Waals surface area (Å²) in [7, 11) is -3.99. The van der Waals surface area contributed by atoms with Gasteiger partial charge >= 0.3 is 5.97 Å². The lowest BCUT2D eigenvalue weighted by Crippen LogP contribution is -2.40. The number of ether oxygens (including phenoxy) is 1. The molecule has 0 unspecified atom stereocenters. The van der Waals surface area contributed by atoms with Crippen molar-refractivity contribution in [2.45, 2.75) is 31.2 Å². The highest BCUT2D eigenvalue weighted by molar-refractivity contribution is 7.89. The van der Waals surface area contributed by atoms with Gasteiger partial charge in [-0.05, 0) is 57.2 Å². The lowest BCUT2D eigenvalue weighted by atomic mass is 10.1. The van der Waals surface area contributed by atoms with Crippen LogP contribution in [0.4, 0.5) is 10.1 Å². The van der Waals surface area contributed by atoms with Crippen molar-refractivity contribution in [3.8, 4) is 0 Å². The van der Waals surface area contributed by atoms with Crippen LogP contribution in [0.5, 0.6) is 0 Å². The fourth-order valence-electron chi connectivity index (χ4n) is 2.27. The van der Waals surface area contributed by atoms with Crippen LogP contribution in [0.15, 0.2) is 47.4 Å². The van der Waals surface area contributed by atoms with Crippen LogP contribution >= 0.6 is 11.6 Å². The Morgan fingerprint density at radius 1 is 1.14 bits per heavy atom. The van der Waals surface area contributed by atoms with Crippen LogP contribution in [-0.2, 0) is 19.6 Å². The summed E-state index contributed by atoms with van der Waals surface area (Å²) in [5.74, 6) is -2.12. The summed E-state index contributed by atoms with van der Waals surface area (Å²) in [5.41, 5.74) is -0.644. The zero-order chi connectivity index (χ0) is 21.8. The van der Waals surface area contributed by atoms with E-state index in [1.54, 1.807) is 20.8 Å². The van der Waals surface area contributed by atoms with Gasteiger partial charge in [0.25, 0.3) is 5.91 Å². The number of amides is 1. The zero-order valence-corrected chi connectivity index (χ0v) is 17.5. The molecule has 7 nitrogen and oxygen atoms in total. The van der Waals surface area contributed by atoms with Gasteiger partial charge in [0.2, 0.25) is 10.0 Å². The molecule has 0 aliphatic carbocycles. The lowest BCUT2D eigenvalue weighted by Gasteiger charge is -2.21. The Kier molecular flexibility index (Phi) is 6.99. The fourth-order valence-corrected chi connectivity index (χ4v) is 4.22. The molecule has 2 rings (SSSR count). The van der Waals surface area contributed by atoms with E-state index in [1.807, 2.05) is 0 Å². The second-order valence-electron chi connectivity index (χ2n) is 7.14. The van der Waals surface area contributed by atoms with E-state index in [1.165, 1.54) is 30.3 Å². The van der Waals surface area contributed by atoms with Crippen molar-refractivity contribution in [3.63, 3.8) is 0 Å². The Balaban J connectivity index is 2.08. The number of carbonyl (C=O) groups is 2. The van der Waals surface area contributed by atoms with Crippen molar-refractivity contribution < 1.29 is 27.1 Å². The minimum absolute atomic E-state index is 0.0675. The molecule has 156 valence electrons. The Morgan fingerprint density at radius 3 is 2.45 bits per heavy atom. The van der Waals surface area contributed by atoms with Crippen molar-refractivity contribution in [3.05, 3.63) is 58.9 Å². The van der Waals surface area contributed by atoms with Crippen molar-refractivity contribution in [1.82, 2.24) is 4.72 Å². The van der Waals surface area contributed by atoms with Crippen LogP contribution in [0, 0.1) is 5.82 Å². The van der Waals surface area contributed by atoms with Crippen LogP contribution in [0.2, 0.25) is 5.02 Å². The van der Waals surface area contributed by atoms with Gasteiger partial charge < -0.3 is 10.1 Å². The number of halogens is 2. The van der Waals surface area contributed by atoms with Gasteiger partial charge in [-0.1, -0.05) is 17.7 Å². The van der Waals surface area contributed by atoms with Crippen molar-refractivity contribution in [2.24, 2.45) is 0 Å². The second kappa shape index (κ2) is 8.89. The van der Waals surface area contributed by atoms with E-state index in [-0.39, 0.29) is 21.2 Å². The number of sulfonamides is 1. The van der Waals surface area contributed by atoms with Crippen LogP contribution in [0.25, 0.3) is 0 Å². The minimum atomic E-state index is -3.99. The molecular formula is C19H20ClFN2O5S. The van der Waals surface area contributed by atoms with Gasteiger partial charge in [0.05, 0.1) is 10.6 Å². The Hall–Kier alpha value is -2.49. The Labute approximate surface area is 173 Å². The minimum Gasteiger partial charge on any atom is -0.452 e. The maximum atomic E-state index is 13.1. The van der Waals surface area contributed by atoms with Crippen LogP contribution < -0.4 is 10.0 Å². The van der Waals surface area contributed by atoms with Gasteiger partial charge in [-0.15, -0.1) is 0 Å². The van der Waals surface area contributed by atoms with E-state index < -0.39 is 39.9 Å². The molecular weight excluding hydrogens is 423 g/mol. The lowest BCUT2D eigenvalue weighted by molar-refractivity contribution is -0.119. The van der Waals surface area contributed by atoms with Gasteiger partial charge in [-0.25, -0.2) is 22.3 Å². The summed E-state index contributed by atoms with van der Waals surface area (Å²) >= 11 is 5.98. The first kappa shape index (κ1) is 22.8. The number of hydrogen-bond donors (Lipinski definition) is 2. The number of benzene rings is 2. The smallest absolute Gasteiger partial charge is 0.338 e. The van der Waals surface area contributed by atoms with E-state index in [9.17, 15) is 22.4 Å². The molecule has 2 aromatic carbocycles. The van der Waals surface area contributed by atoms with Gasteiger partial charge in [-0.2, -0.15) is 0 Å². The average Bonchev–Trinajstić information content (AvgIpc) is 2.58. The molecule has 0 aliphatic heterocycles. The molecule has 0 spiro atoms. The molecule has 0 atom stereocenters. The van der Waals surface area contributed by atoms with E-state index in [0.29, 0.717) is 0 Å². The fraction of sp³-hybridized carbons (Fsp3) is 0.263. The predicted octanol–water partition coefficient (Wildman–Crippen LogP) is 3.35. The highest BCUT2D eigenvalue weighted by atomic mass is 35.5. The first-order valence-corrected chi connectivity index (χ1v) is 10.3. The summed E-state index contributed by atoms with van der Waals surface area (Å²) in [4.78, 5) is 23.8. The normalized spacial score (nSPS) is 11.8. The number of anilines is 1. The van der Waals surface area contributed by atoms with Gasteiger partial charge in [0, 0.05) is 11.2 Å². The summed E-state index contributed by atoms with van der Waals surface area (Å²) in [6, 6.07) is 8.82. The zero-order valence-electron chi connectivity index (χ0n) is 16.0. The topological polar surface area (TPSA) is 102 Å². The summed E-state index contributed by atoms with van der Waals surface area (Å²) in [6.45, 7) is 4.34. The molecule has 0 bridgehead atoms. The summed E-state index contributed by atoms with van der Waals surface area (Å²) in [5, 5.41) is 2.31. The highest BCUT2D eigenvalue weighted by Crippen LogP contribution is 2.24. The molecule has 29 heavy (non-hydrogen) atoms. The third-order valence-corrected chi connectivity index (χ3v) is 5.58. The average molecular weight is 443 g/mol. The molecule has 0 fully saturated rings. The SMILES string of the molecule is CC(C)(C)NS(=O)(=O)c1cc(C(=O)OCC(=O)Nc2cccc(F)c2)ccc1Cl. The third-order valence-electron chi connectivity index (χ3n) is 3.34. The monoisotopic (exact) mass is 442 g/mol. The first-order valence-electron chi connectivity index (χ1n) is 8.43. The number of nitrogens with one attached hydrogen (secondary N) is 2. The predicted molar refractivity (Wildman–Crippen MR) is 107 cm³/mol. The van der Waals surface area contributed by atoms with Crippen molar-refractivity contribution in [2.75, 3.05) is 11.9 Å². The molecule has 1 amide bonds. The molecule has 0 heterocycles. The number of rotatable bonds is 6. The van der Waals surface area contributed by atoms with Crippen molar-refractivity contribution in [1.29, 1.82) is 0 Å². The van der Waals surface area contributed by atoms with Crippen LogP contribution in [0.3, 0.4) is 0 Å². The molecule has 0 saturated heterocycles. The molecule has 0 aliphatic rings. The molecule has 0 radical (unpaired) electrons. The second-order valence-corrected chi connectivity index (χ2v) is 9.19. The third kappa shape index (κ3) is 6.81. The Morgan fingerprint density at radius 2 is 1.83 bits per heavy atom. The summed E-state index contributed by atoms with van der Waals surface area (Å²) in [6.07, 6.45) is 0. The van der Waals surface area contributed by atoms with E-state index >= 15 is 0 Å². The van der Waals surface area contributed by atoms with E-state index in [2.05, 4.69) is 10.0 Å². The maximum absolute atomic E-state index is 13.1. The van der Waals surface area contributed by atoms with Crippen LogP contribution in [-0.4, -0.2) is 32.4 Å². The number of hydrogen-bond acceptors (Lipinski definition) is 5.